The first-order valence-electron chi connectivity index (χ1n) is 10.0. The third-order valence-electron chi connectivity index (χ3n) is 5.39. The Kier molecular flexibility index (Phi) is 6.34. The molecule has 0 amide bonds. The highest BCUT2D eigenvalue weighted by Gasteiger charge is 2.23. The number of nitrogens with zero attached hydrogens (tertiary/aromatic N) is 1. The van der Waals surface area contributed by atoms with Crippen LogP contribution in [0.25, 0.3) is 11.0 Å². The molecule has 1 aromatic heterocycles. The Hall–Kier alpha value is -2.54. The highest BCUT2D eigenvalue weighted by molar-refractivity contribution is 5.77. The van der Waals surface area contributed by atoms with E-state index in [9.17, 15) is 0 Å². The number of benzene rings is 2. The summed E-state index contributed by atoms with van der Waals surface area (Å²) in [5.41, 5.74) is 2.12. The zero-order valence-corrected chi connectivity index (χ0v) is 17.0. The van der Waals surface area contributed by atoms with E-state index in [1.165, 1.54) is 5.56 Å². The molecule has 1 fully saturated rings. The standard InChI is InChI=1S/C23H28N2O4/c1-26-22-8-7-17(14-23(22)27-2)20(25-9-11-28-12-10-25)16-24-15-19-13-18-5-3-4-6-21(18)29-19/h3-8,13-14,20,24H,9-12,15-16H2,1-2H3. The van der Waals surface area contributed by atoms with E-state index in [1.54, 1.807) is 14.2 Å². The van der Waals surface area contributed by atoms with Gasteiger partial charge >= 0.3 is 0 Å². The number of ether oxygens (including phenoxy) is 3. The zero-order valence-electron chi connectivity index (χ0n) is 17.0. The third-order valence-corrected chi connectivity index (χ3v) is 5.39. The van der Waals surface area contributed by atoms with Crippen LogP contribution in [0.4, 0.5) is 0 Å². The second-order valence-electron chi connectivity index (χ2n) is 7.16. The first-order chi connectivity index (χ1) is 14.3. The van der Waals surface area contributed by atoms with E-state index in [1.807, 2.05) is 24.3 Å². The summed E-state index contributed by atoms with van der Waals surface area (Å²) in [6, 6.07) is 16.6. The maximum atomic E-state index is 5.94. The molecule has 0 aliphatic carbocycles. The average Bonchev–Trinajstić information content (AvgIpc) is 3.20. The van der Waals surface area contributed by atoms with E-state index in [2.05, 4.69) is 34.5 Å². The quantitative estimate of drug-likeness (QED) is 0.628. The molecule has 6 nitrogen and oxygen atoms in total. The van der Waals surface area contributed by atoms with Crippen LogP contribution in [0.2, 0.25) is 0 Å². The van der Waals surface area contributed by atoms with Crippen molar-refractivity contribution >= 4 is 11.0 Å². The minimum atomic E-state index is 0.211. The molecule has 0 saturated carbocycles. The Morgan fingerprint density at radius 3 is 2.55 bits per heavy atom. The molecular formula is C23H28N2O4. The van der Waals surface area contributed by atoms with E-state index in [-0.39, 0.29) is 6.04 Å². The van der Waals surface area contributed by atoms with Crippen molar-refractivity contribution in [1.29, 1.82) is 0 Å². The van der Waals surface area contributed by atoms with Gasteiger partial charge in [-0.05, 0) is 29.8 Å². The number of rotatable bonds is 8. The molecule has 154 valence electrons. The van der Waals surface area contributed by atoms with Crippen molar-refractivity contribution in [3.8, 4) is 11.5 Å². The number of para-hydroxylation sites is 1. The van der Waals surface area contributed by atoms with Crippen LogP contribution < -0.4 is 14.8 Å². The maximum Gasteiger partial charge on any atom is 0.161 e. The van der Waals surface area contributed by atoms with Crippen molar-refractivity contribution in [2.45, 2.75) is 12.6 Å². The molecule has 6 heteroatoms. The number of fused-ring (bicyclic) bond motifs is 1. The van der Waals surface area contributed by atoms with Crippen LogP contribution in [0.3, 0.4) is 0 Å². The van der Waals surface area contributed by atoms with E-state index < -0.39 is 0 Å². The first kappa shape index (κ1) is 19.8. The molecule has 1 aliphatic heterocycles. The van der Waals surface area contributed by atoms with Crippen LogP contribution in [0, 0.1) is 0 Å². The van der Waals surface area contributed by atoms with Crippen LogP contribution in [0.1, 0.15) is 17.4 Å². The lowest BCUT2D eigenvalue weighted by Gasteiger charge is -2.35. The van der Waals surface area contributed by atoms with Crippen molar-refractivity contribution in [2.75, 3.05) is 47.1 Å². The van der Waals surface area contributed by atoms with Crippen LogP contribution in [0.5, 0.6) is 11.5 Å². The van der Waals surface area contributed by atoms with Gasteiger partial charge in [0, 0.05) is 31.1 Å². The van der Waals surface area contributed by atoms with Gasteiger partial charge in [0.1, 0.15) is 11.3 Å². The van der Waals surface area contributed by atoms with Gasteiger partial charge in [-0.25, -0.2) is 0 Å². The first-order valence-corrected chi connectivity index (χ1v) is 10.0. The third kappa shape index (κ3) is 4.56. The van der Waals surface area contributed by atoms with Gasteiger partial charge in [-0.15, -0.1) is 0 Å². The lowest BCUT2D eigenvalue weighted by atomic mass is 10.0. The average molecular weight is 396 g/mol. The Balaban J connectivity index is 1.49. The van der Waals surface area contributed by atoms with Crippen LogP contribution in [0.15, 0.2) is 52.9 Å². The zero-order chi connectivity index (χ0) is 20.1. The molecule has 1 N–H and O–H groups in total. The summed E-state index contributed by atoms with van der Waals surface area (Å²) in [6.45, 7) is 4.81. The van der Waals surface area contributed by atoms with Crippen molar-refractivity contribution in [2.24, 2.45) is 0 Å². The monoisotopic (exact) mass is 396 g/mol. The van der Waals surface area contributed by atoms with Crippen molar-refractivity contribution in [3.63, 3.8) is 0 Å². The van der Waals surface area contributed by atoms with E-state index >= 15 is 0 Å². The smallest absolute Gasteiger partial charge is 0.161 e. The molecule has 2 heterocycles. The topological polar surface area (TPSA) is 56.1 Å². The minimum Gasteiger partial charge on any atom is -0.493 e. The maximum absolute atomic E-state index is 5.94. The molecule has 29 heavy (non-hydrogen) atoms. The molecule has 0 radical (unpaired) electrons. The highest BCUT2D eigenvalue weighted by Crippen LogP contribution is 2.32. The lowest BCUT2D eigenvalue weighted by molar-refractivity contribution is 0.0160. The largest absolute Gasteiger partial charge is 0.493 e. The van der Waals surface area contributed by atoms with Crippen molar-refractivity contribution in [3.05, 3.63) is 59.9 Å². The number of hydrogen-bond donors (Lipinski definition) is 1. The normalized spacial score (nSPS) is 16.1. The Labute approximate surface area is 171 Å². The fourth-order valence-electron chi connectivity index (χ4n) is 3.86. The highest BCUT2D eigenvalue weighted by atomic mass is 16.5. The number of morpholine rings is 1. The van der Waals surface area contributed by atoms with Crippen LogP contribution in [-0.2, 0) is 11.3 Å². The number of furan rings is 1. The van der Waals surface area contributed by atoms with Crippen LogP contribution in [-0.4, -0.2) is 52.0 Å². The van der Waals surface area contributed by atoms with Gasteiger partial charge in [0.05, 0.1) is 34.0 Å². The number of nitrogens with one attached hydrogen (secondary N) is 1. The summed E-state index contributed by atoms with van der Waals surface area (Å²) in [7, 11) is 3.33. The summed E-state index contributed by atoms with van der Waals surface area (Å²) in [5.74, 6) is 2.44. The summed E-state index contributed by atoms with van der Waals surface area (Å²) in [6.07, 6.45) is 0. The fraction of sp³-hybridized carbons (Fsp3) is 0.391. The molecule has 1 aliphatic rings. The molecular weight excluding hydrogens is 368 g/mol. The van der Waals surface area contributed by atoms with E-state index in [4.69, 9.17) is 18.6 Å². The summed E-state index contributed by atoms with van der Waals surface area (Å²) in [4.78, 5) is 2.45. The van der Waals surface area contributed by atoms with Gasteiger partial charge < -0.3 is 23.9 Å². The SMILES string of the molecule is COc1ccc(C(CNCc2cc3ccccc3o2)N2CCOCC2)cc1OC. The predicted molar refractivity (Wildman–Crippen MR) is 113 cm³/mol. The lowest BCUT2D eigenvalue weighted by Crippen LogP contribution is -2.42. The summed E-state index contributed by atoms with van der Waals surface area (Å²) < 4.78 is 22.4. The minimum absolute atomic E-state index is 0.211. The van der Waals surface area contributed by atoms with Gasteiger partial charge in [0.25, 0.3) is 0 Å². The molecule has 0 spiro atoms. The number of methoxy groups -OCH3 is 2. The summed E-state index contributed by atoms with van der Waals surface area (Å²) in [5, 5.41) is 4.71. The second kappa shape index (κ2) is 9.31. The van der Waals surface area contributed by atoms with Gasteiger partial charge in [0.15, 0.2) is 11.5 Å². The predicted octanol–water partition coefficient (Wildman–Crippen LogP) is 3.61. The van der Waals surface area contributed by atoms with Crippen molar-refractivity contribution in [1.82, 2.24) is 10.2 Å². The summed E-state index contributed by atoms with van der Waals surface area (Å²) >= 11 is 0. The molecule has 1 atom stereocenters. The van der Waals surface area contributed by atoms with Gasteiger partial charge in [0.2, 0.25) is 0 Å². The van der Waals surface area contributed by atoms with E-state index in [0.29, 0.717) is 6.54 Å². The molecule has 3 aromatic rings. The van der Waals surface area contributed by atoms with Crippen LogP contribution >= 0.6 is 0 Å². The van der Waals surface area contributed by atoms with Gasteiger partial charge in [-0.1, -0.05) is 24.3 Å². The Morgan fingerprint density at radius 1 is 1.00 bits per heavy atom. The second-order valence-corrected chi connectivity index (χ2v) is 7.16. The van der Waals surface area contributed by atoms with Crippen molar-refractivity contribution < 1.29 is 18.6 Å². The van der Waals surface area contributed by atoms with Gasteiger partial charge in [-0.2, -0.15) is 0 Å². The molecule has 2 aromatic carbocycles. The fourth-order valence-corrected chi connectivity index (χ4v) is 3.86. The number of hydrogen-bond acceptors (Lipinski definition) is 6. The molecule has 1 saturated heterocycles. The molecule has 4 rings (SSSR count). The molecule has 1 unspecified atom stereocenters. The van der Waals surface area contributed by atoms with Gasteiger partial charge in [-0.3, -0.25) is 4.90 Å². The Morgan fingerprint density at radius 2 is 1.79 bits per heavy atom. The Bertz CT molecular complexity index is 901. The molecule has 0 bridgehead atoms. The van der Waals surface area contributed by atoms with E-state index in [0.717, 1.165) is 61.1 Å².